The van der Waals surface area contributed by atoms with E-state index in [1.165, 1.54) is 0 Å². The zero-order valence-electron chi connectivity index (χ0n) is 14.9. The van der Waals surface area contributed by atoms with Crippen LogP contribution in [-0.4, -0.2) is 34.2 Å². The fourth-order valence-electron chi connectivity index (χ4n) is 3.25. The summed E-state index contributed by atoms with van der Waals surface area (Å²) in [5.41, 5.74) is 1.77. The van der Waals surface area contributed by atoms with Crippen LogP contribution in [0.5, 0.6) is 0 Å². The highest BCUT2D eigenvalue weighted by Gasteiger charge is 2.25. The first kappa shape index (κ1) is 17.2. The molecule has 1 fully saturated rings. The van der Waals surface area contributed by atoms with Crippen LogP contribution in [0.3, 0.4) is 0 Å². The van der Waals surface area contributed by atoms with Gasteiger partial charge in [-0.05, 0) is 54.8 Å². The topological polar surface area (TPSA) is 84.2 Å². The minimum atomic E-state index is 0.0402. The van der Waals surface area contributed by atoms with Crippen LogP contribution in [0.1, 0.15) is 18.4 Å². The Hall–Kier alpha value is -3.22. The third-order valence-electron chi connectivity index (χ3n) is 4.83. The lowest BCUT2D eigenvalue weighted by Gasteiger charge is -2.31. The Bertz CT molecular complexity index is 857. The lowest BCUT2D eigenvalue weighted by molar-refractivity contribution is -0.125. The normalized spacial score (nSPS) is 14.9. The van der Waals surface area contributed by atoms with Gasteiger partial charge in [0.05, 0.1) is 6.26 Å². The Morgan fingerprint density at radius 3 is 2.59 bits per heavy atom. The van der Waals surface area contributed by atoms with Crippen molar-refractivity contribution in [3.63, 3.8) is 0 Å². The Balaban J connectivity index is 1.29. The summed E-state index contributed by atoms with van der Waals surface area (Å²) < 4.78 is 5.34. The molecule has 3 aromatic heterocycles. The number of piperidine rings is 1. The molecule has 0 radical (unpaired) electrons. The van der Waals surface area contributed by atoms with Gasteiger partial charge in [-0.2, -0.15) is 0 Å². The molecule has 1 N–H and O–H groups in total. The maximum atomic E-state index is 12.4. The number of carbonyl (C=O) groups excluding carboxylic acids is 1. The third-order valence-corrected chi connectivity index (χ3v) is 4.83. The molecule has 27 heavy (non-hydrogen) atoms. The Morgan fingerprint density at radius 1 is 1.11 bits per heavy atom. The summed E-state index contributed by atoms with van der Waals surface area (Å²) in [6.07, 6.45) is 6.71. The molecule has 0 aliphatic carbocycles. The summed E-state index contributed by atoms with van der Waals surface area (Å²) in [6, 6.07) is 11.4. The van der Waals surface area contributed by atoms with E-state index in [1.807, 2.05) is 36.4 Å². The van der Waals surface area contributed by atoms with E-state index in [-0.39, 0.29) is 11.8 Å². The SMILES string of the molecule is O=C(NCc1ccncc1)C1CCN(c2ccc(-c3ccco3)nn2)CC1. The van der Waals surface area contributed by atoms with Gasteiger partial charge < -0.3 is 14.6 Å². The molecule has 7 heteroatoms. The highest BCUT2D eigenvalue weighted by molar-refractivity contribution is 5.79. The Morgan fingerprint density at radius 2 is 1.93 bits per heavy atom. The van der Waals surface area contributed by atoms with Crippen LogP contribution < -0.4 is 10.2 Å². The van der Waals surface area contributed by atoms with Crippen molar-refractivity contribution < 1.29 is 9.21 Å². The van der Waals surface area contributed by atoms with E-state index in [1.54, 1.807) is 18.7 Å². The summed E-state index contributed by atoms with van der Waals surface area (Å²) in [6.45, 7) is 2.13. The number of hydrogen-bond donors (Lipinski definition) is 1. The fraction of sp³-hybridized carbons (Fsp3) is 0.300. The van der Waals surface area contributed by atoms with Gasteiger partial charge in [-0.3, -0.25) is 9.78 Å². The summed E-state index contributed by atoms with van der Waals surface area (Å²) in [7, 11) is 0. The van der Waals surface area contributed by atoms with Gasteiger partial charge in [-0.25, -0.2) is 0 Å². The molecular formula is C20H21N5O2. The van der Waals surface area contributed by atoms with Crippen LogP contribution in [0.25, 0.3) is 11.5 Å². The van der Waals surface area contributed by atoms with Gasteiger partial charge >= 0.3 is 0 Å². The number of amides is 1. The first-order valence-electron chi connectivity index (χ1n) is 9.09. The van der Waals surface area contributed by atoms with Crippen LogP contribution in [-0.2, 0) is 11.3 Å². The monoisotopic (exact) mass is 363 g/mol. The number of aromatic nitrogens is 3. The fourth-order valence-corrected chi connectivity index (χ4v) is 3.25. The lowest BCUT2D eigenvalue weighted by atomic mass is 9.96. The molecule has 3 aromatic rings. The molecular weight excluding hydrogens is 342 g/mol. The lowest BCUT2D eigenvalue weighted by Crippen LogP contribution is -2.40. The minimum absolute atomic E-state index is 0.0402. The molecule has 0 spiro atoms. The van der Waals surface area contributed by atoms with E-state index in [0.29, 0.717) is 18.0 Å². The van der Waals surface area contributed by atoms with E-state index in [4.69, 9.17) is 4.42 Å². The summed E-state index contributed by atoms with van der Waals surface area (Å²) in [5.74, 6) is 1.70. The van der Waals surface area contributed by atoms with Gasteiger partial charge in [0.15, 0.2) is 11.6 Å². The molecule has 4 rings (SSSR count). The summed E-state index contributed by atoms with van der Waals surface area (Å²) in [5, 5.41) is 11.6. The maximum absolute atomic E-state index is 12.4. The molecule has 0 bridgehead atoms. The molecule has 1 aliphatic heterocycles. The molecule has 1 amide bonds. The van der Waals surface area contributed by atoms with E-state index in [2.05, 4.69) is 25.4 Å². The van der Waals surface area contributed by atoms with Crippen LogP contribution in [0, 0.1) is 5.92 Å². The quantitative estimate of drug-likeness (QED) is 0.750. The van der Waals surface area contributed by atoms with Crippen molar-refractivity contribution in [1.82, 2.24) is 20.5 Å². The molecule has 0 saturated carbocycles. The van der Waals surface area contributed by atoms with Gasteiger partial charge in [-0.1, -0.05) is 0 Å². The first-order valence-corrected chi connectivity index (χ1v) is 9.09. The van der Waals surface area contributed by atoms with Crippen molar-refractivity contribution in [2.24, 2.45) is 5.92 Å². The Kier molecular flexibility index (Phi) is 5.09. The van der Waals surface area contributed by atoms with Crippen LogP contribution in [0.15, 0.2) is 59.5 Å². The van der Waals surface area contributed by atoms with Crippen molar-refractivity contribution in [2.75, 3.05) is 18.0 Å². The predicted octanol–water partition coefficient (Wildman–Crippen LogP) is 2.66. The number of carbonyl (C=O) groups is 1. The van der Waals surface area contributed by atoms with E-state index in [0.717, 1.165) is 37.3 Å². The maximum Gasteiger partial charge on any atom is 0.223 e. The number of nitrogens with one attached hydrogen (secondary N) is 1. The average molecular weight is 363 g/mol. The predicted molar refractivity (Wildman–Crippen MR) is 101 cm³/mol. The molecule has 0 atom stereocenters. The van der Waals surface area contributed by atoms with Gasteiger partial charge in [-0.15, -0.1) is 10.2 Å². The number of pyridine rings is 1. The highest BCUT2D eigenvalue weighted by atomic mass is 16.3. The summed E-state index contributed by atoms with van der Waals surface area (Å²) >= 11 is 0. The zero-order chi connectivity index (χ0) is 18.5. The second-order valence-corrected chi connectivity index (χ2v) is 6.59. The number of rotatable bonds is 5. The van der Waals surface area contributed by atoms with E-state index >= 15 is 0 Å². The first-order chi connectivity index (χ1) is 13.3. The number of furan rings is 1. The molecule has 1 aliphatic rings. The smallest absolute Gasteiger partial charge is 0.223 e. The van der Waals surface area contributed by atoms with Crippen LogP contribution >= 0.6 is 0 Å². The summed E-state index contributed by atoms with van der Waals surface area (Å²) in [4.78, 5) is 18.6. The van der Waals surface area contributed by atoms with E-state index < -0.39 is 0 Å². The van der Waals surface area contributed by atoms with Crippen molar-refractivity contribution in [1.29, 1.82) is 0 Å². The van der Waals surface area contributed by atoms with Gasteiger partial charge in [0, 0.05) is 37.9 Å². The number of anilines is 1. The third kappa shape index (κ3) is 4.13. The van der Waals surface area contributed by atoms with Crippen molar-refractivity contribution in [3.8, 4) is 11.5 Å². The number of nitrogens with zero attached hydrogens (tertiary/aromatic N) is 4. The van der Waals surface area contributed by atoms with E-state index in [9.17, 15) is 4.79 Å². The molecule has 7 nitrogen and oxygen atoms in total. The largest absolute Gasteiger partial charge is 0.463 e. The minimum Gasteiger partial charge on any atom is -0.463 e. The molecule has 1 saturated heterocycles. The van der Waals surface area contributed by atoms with Gasteiger partial charge in [0.2, 0.25) is 5.91 Å². The van der Waals surface area contributed by atoms with Crippen molar-refractivity contribution in [2.45, 2.75) is 19.4 Å². The van der Waals surface area contributed by atoms with Crippen molar-refractivity contribution >= 4 is 11.7 Å². The average Bonchev–Trinajstić information content (AvgIpc) is 3.28. The van der Waals surface area contributed by atoms with Crippen LogP contribution in [0.2, 0.25) is 0 Å². The van der Waals surface area contributed by atoms with Crippen molar-refractivity contribution in [3.05, 3.63) is 60.6 Å². The van der Waals surface area contributed by atoms with Gasteiger partial charge in [0.25, 0.3) is 0 Å². The van der Waals surface area contributed by atoms with Crippen LogP contribution in [0.4, 0.5) is 5.82 Å². The molecule has 4 heterocycles. The van der Waals surface area contributed by atoms with Gasteiger partial charge in [0.1, 0.15) is 5.69 Å². The zero-order valence-corrected chi connectivity index (χ0v) is 14.9. The molecule has 0 unspecified atom stereocenters. The second-order valence-electron chi connectivity index (χ2n) is 6.59. The Labute approximate surface area is 157 Å². The highest BCUT2D eigenvalue weighted by Crippen LogP contribution is 2.23. The second kappa shape index (κ2) is 7.99. The molecule has 138 valence electrons. The standard InChI is InChI=1S/C20H21N5O2/c26-20(22-14-15-5-9-21-10-6-15)16-7-11-25(12-8-16)19-4-3-17(23-24-19)18-2-1-13-27-18/h1-6,9-10,13,16H,7-8,11-12,14H2,(H,22,26). The number of hydrogen-bond acceptors (Lipinski definition) is 6. The molecule has 0 aromatic carbocycles.